The maximum atomic E-state index is 10.2. The van der Waals surface area contributed by atoms with Gasteiger partial charge >= 0.3 is 0 Å². The molecule has 0 aliphatic heterocycles. The van der Waals surface area contributed by atoms with Gasteiger partial charge in [0.25, 0.3) is 0 Å². The summed E-state index contributed by atoms with van der Waals surface area (Å²) in [6.07, 6.45) is 20.9. The maximum Gasteiger partial charge on any atom is 0.0711 e. The molecule has 3 N–H and O–H groups in total. The summed E-state index contributed by atoms with van der Waals surface area (Å²) in [5, 5.41) is 10.2. The quantitative estimate of drug-likeness (QED) is 0.364. The summed E-state index contributed by atoms with van der Waals surface area (Å²) in [6, 6.07) is 0. The number of aliphatic carboxylic acids is 1. The van der Waals surface area contributed by atoms with Crippen molar-refractivity contribution in [2.75, 3.05) is 6.54 Å². The minimum atomic E-state index is -0.914. The van der Waals surface area contributed by atoms with E-state index in [1.165, 1.54) is 64.2 Å². The van der Waals surface area contributed by atoms with Gasteiger partial charge in [0.1, 0.15) is 0 Å². The third kappa shape index (κ3) is 29.8. The van der Waals surface area contributed by atoms with Gasteiger partial charge in [-0.15, -0.1) is 0 Å². The lowest BCUT2D eigenvalue weighted by Crippen LogP contribution is -2.48. The van der Waals surface area contributed by atoms with E-state index in [-0.39, 0.29) is 6.42 Å². The summed E-state index contributed by atoms with van der Waals surface area (Å²) in [5.74, 6) is -0.914. The Kier molecular flexibility index (Phi) is 24.9. The predicted molar refractivity (Wildman–Crippen MR) is 97.9 cm³/mol. The maximum absolute atomic E-state index is 10.2. The molecule has 138 valence electrons. The Balaban J connectivity index is 0. The Hall–Kier alpha value is -0.830. The van der Waals surface area contributed by atoms with Crippen LogP contribution in [0, 0.1) is 0 Å². The molecular weight excluding hydrogens is 286 g/mol. The van der Waals surface area contributed by atoms with Crippen molar-refractivity contribution in [2.24, 2.45) is 0 Å². The van der Waals surface area contributed by atoms with Crippen LogP contribution < -0.4 is 10.8 Å². The molecule has 23 heavy (non-hydrogen) atoms. The minimum absolute atomic E-state index is 0.220. The molecule has 0 aromatic carbocycles. The summed E-state index contributed by atoms with van der Waals surface area (Å²) in [4.78, 5) is 10.2. The van der Waals surface area contributed by atoms with Gasteiger partial charge in [-0.25, -0.2) is 0 Å². The molecule has 0 heterocycles. The number of rotatable bonds is 15. The molecule has 3 heteroatoms. The number of carboxylic acid groups (broad SMARTS) is 1. The number of unbranched alkanes of at least 4 members (excludes halogenated alkanes) is 11. The van der Waals surface area contributed by atoms with Crippen molar-refractivity contribution < 1.29 is 15.6 Å². The summed E-state index contributed by atoms with van der Waals surface area (Å²) >= 11 is 0. The monoisotopic (exact) mass is 327 g/mol. The Bertz CT molecular complexity index is 252. The second-order valence-electron chi connectivity index (χ2n) is 6.21. The fourth-order valence-electron chi connectivity index (χ4n) is 2.34. The molecule has 0 amide bonds. The van der Waals surface area contributed by atoms with Gasteiger partial charge in [0.05, 0.1) is 6.54 Å². The number of hydrogen-bond acceptors (Lipinski definition) is 2. The lowest BCUT2D eigenvalue weighted by Gasteiger charge is -2.01. The smallest absolute Gasteiger partial charge is 0.0711 e. The van der Waals surface area contributed by atoms with Crippen LogP contribution in [0.5, 0.6) is 0 Å². The van der Waals surface area contributed by atoms with E-state index in [4.69, 9.17) is 0 Å². The van der Waals surface area contributed by atoms with Gasteiger partial charge in [-0.2, -0.15) is 0 Å². The van der Waals surface area contributed by atoms with Crippen molar-refractivity contribution in [3.05, 3.63) is 12.2 Å². The fourth-order valence-corrected chi connectivity index (χ4v) is 2.34. The van der Waals surface area contributed by atoms with E-state index >= 15 is 0 Å². The van der Waals surface area contributed by atoms with Crippen molar-refractivity contribution in [1.29, 1.82) is 0 Å². The van der Waals surface area contributed by atoms with Crippen molar-refractivity contribution in [2.45, 2.75) is 104 Å². The predicted octanol–water partition coefficient (Wildman–Crippen LogP) is 4.02. The van der Waals surface area contributed by atoms with E-state index in [9.17, 15) is 9.90 Å². The molecule has 0 unspecified atom stereocenters. The molecule has 0 bridgehead atoms. The lowest BCUT2D eigenvalue weighted by atomic mass is 10.1. The van der Waals surface area contributed by atoms with Gasteiger partial charge in [-0.05, 0) is 45.4 Å². The van der Waals surface area contributed by atoms with Crippen LogP contribution >= 0.6 is 0 Å². The van der Waals surface area contributed by atoms with E-state index in [1.807, 2.05) is 6.92 Å². The number of carbonyl (C=O) groups excluding carboxylic acids is 1. The van der Waals surface area contributed by atoms with Crippen molar-refractivity contribution in [3.8, 4) is 0 Å². The Morgan fingerprint density at radius 2 is 1.17 bits per heavy atom. The SMILES string of the molecule is CCCCCCCC/C=C\CCCCCCCC(=O)[O-].CC[NH3+]. The Labute approximate surface area is 144 Å². The normalized spacial score (nSPS) is 10.6. The van der Waals surface area contributed by atoms with Crippen LogP contribution in [0.4, 0.5) is 0 Å². The first-order chi connectivity index (χ1) is 11.2. The van der Waals surface area contributed by atoms with E-state index in [0.717, 1.165) is 25.8 Å². The number of hydrogen-bond donors (Lipinski definition) is 1. The van der Waals surface area contributed by atoms with Gasteiger partial charge in [0.2, 0.25) is 0 Å². The summed E-state index contributed by atoms with van der Waals surface area (Å²) in [7, 11) is 0. The zero-order chi connectivity index (χ0) is 17.6. The molecule has 0 saturated heterocycles. The van der Waals surface area contributed by atoms with Gasteiger partial charge in [-0.3, -0.25) is 0 Å². The molecule has 3 nitrogen and oxygen atoms in total. The van der Waals surface area contributed by atoms with Crippen LogP contribution in [-0.2, 0) is 4.79 Å². The van der Waals surface area contributed by atoms with Crippen LogP contribution in [-0.4, -0.2) is 12.5 Å². The van der Waals surface area contributed by atoms with E-state index in [0.29, 0.717) is 0 Å². The molecule has 0 rings (SSSR count). The van der Waals surface area contributed by atoms with Gasteiger partial charge < -0.3 is 15.6 Å². The van der Waals surface area contributed by atoms with Crippen LogP contribution in [0.25, 0.3) is 0 Å². The van der Waals surface area contributed by atoms with Gasteiger partial charge in [0, 0.05) is 5.97 Å². The van der Waals surface area contributed by atoms with Crippen molar-refractivity contribution in [1.82, 2.24) is 0 Å². The highest BCUT2D eigenvalue weighted by Crippen LogP contribution is 2.09. The number of allylic oxidation sites excluding steroid dienone is 2. The average molecular weight is 328 g/mol. The molecule has 0 aliphatic rings. The van der Waals surface area contributed by atoms with Gasteiger partial charge in [-0.1, -0.05) is 70.4 Å². The third-order valence-corrected chi connectivity index (χ3v) is 3.64. The average Bonchev–Trinajstić information content (AvgIpc) is 2.51. The third-order valence-electron chi connectivity index (χ3n) is 3.64. The number of quaternary nitrogens is 1. The lowest BCUT2D eigenvalue weighted by molar-refractivity contribution is -0.361. The molecule has 0 aromatic heterocycles. The fraction of sp³-hybridized carbons (Fsp3) is 0.850. The zero-order valence-electron chi connectivity index (χ0n) is 15.8. The highest BCUT2D eigenvalue weighted by molar-refractivity contribution is 5.63. The number of carboxylic acids is 1. The Morgan fingerprint density at radius 1 is 0.783 bits per heavy atom. The van der Waals surface area contributed by atoms with Crippen LogP contribution in [0.1, 0.15) is 104 Å². The Morgan fingerprint density at radius 3 is 1.61 bits per heavy atom. The molecule has 0 saturated carbocycles. The first-order valence-electron chi connectivity index (χ1n) is 9.83. The zero-order valence-corrected chi connectivity index (χ0v) is 15.8. The molecule has 0 aromatic rings. The molecule has 0 radical (unpaired) electrons. The van der Waals surface area contributed by atoms with Crippen molar-refractivity contribution in [3.63, 3.8) is 0 Å². The van der Waals surface area contributed by atoms with E-state index in [2.05, 4.69) is 24.8 Å². The van der Waals surface area contributed by atoms with Crippen LogP contribution in [0.15, 0.2) is 12.2 Å². The molecular formula is C20H41NO2. The van der Waals surface area contributed by atoms with Crippen molar-refractivity contribution >= 4 is 5.97 Å². The second-order valence-corrected chi connectivity index (χ2v) is 6.21. The van der Waals surface area contributed by atoms with E-state index < -0.39 is 5.97 Å². The van der Waals surface area contributed by atoms with Crippen LogP contribution in [0.3, 0.4) is 0 Å². The summed E-state index contributed by atoms with van der Waals surface area (Å²) in [5.41, 5.74) is 3.49. The molecule has 0 aliphatic carbocycles. The van der Waals surface area contributed by atoms with Crippen LogP contribution in [0.2, 0.25) is 0 Å². The standard InChI is InChI=1S/C18H34O2.C2H7N/c1-2-3-4-5-6-7-8-9-10-11-12-13-14-15-16-17-18(19)20;1-2-3/h9-10H,2-8,11-17H2,1H3,(H,19,20);2-3H2,1H3/b10-9-;. The molecule has 0 spiro atoms. The number of carbonyl (C=O) groups is 1. The summed E-state index contributed by atoms with van der Waals surface area (Å²) < 4.78 is 0. The largest absolute Gasteiger partial charge is 0.550 e. The minimum Gasteiger partial charge on any atom is -0.550 e. The highest BCUT2D eigenvalue weighted by atomic mass is 16.4. The van der Waals surface area contributed by atoms with Gasteiger partial charge in [0.15, 0.2) is 0 Å². The highest BCUT2D eigenvalue weighted by Gasteiger charge is 1.91. The molecule has 0 atom stereocenters. The first-order valence-corrected chi connectivity index (χ1v) is 9.83. The summed E-state index contributed by atoms with van der Waals surface area (Å²) in [6.45, 7) is 5.27. The van der Waals surface area contributed by atoms with E-state index in [1.54, 1.807) is 0 Å². The second kappa shape index (κ2) is 23.4. The first kappa shape index (κ1) is 24.4. The topological polar surface area (TPSA) is 67.8 Å². The molecule has 0 fully saturated rings.